The first-order chi connectivity index (χ1) is 16.2. The molecule has 1 N–H and O–H groups in total. The summed E-state index contributed by atoms with van der Waals surface area (Å²) in [4.78, 5) is 17.5. The van der Waals surface area contributed by atoms with Gasteiger partial charge in [-0.15, -0.1) is 0 Å². The van der Waals surface area contributed by atoms with E-state index in [-0.39, 0.29) is 22.0 Å². The molecule has 4 aromatic rings. The molecule has 0 unspecified atom stereocenters. The molecule has 0 spiro atoms. The zero-order chi connectivity index (χ0) is 24.2. The average molecular weight is 476 g/mol. The van der Waals surface area contributed by atoms with E-state index in [0.29, 0.717) is 17.0 Å². The summed E-state index contributed by atoms with van der Waals surface area (Å²) in [6, 6.07) is 13.2. The van der Waals surface area contributed by atoms with Gasteiger partial charge in [0.2, 0.25) is 15.8 Å². The number of allylic oxidation sites excluding steroid dienone is 1. The van der Waals surface area contributed by atoms with Gasteiger partial charge >= 0.3 is 0 Å². The van der Waals surface area contributed by atoms with Crippen LogP contribution in [0.15, 0.2) is 71.6 Å². The summed E-state index contributed by atoms with van der Waals surface area (Å²) in [5.41, 5.74) is 3.18. The number of nitrogens with zero attached hydrogens (tertiary/aromatic N) is 3. The smallest absolute Gasteiger partial charge is 0.242 e. The van der Waals surface area contributed by atoms with Crippen molar-refractivity contribution in [2.45, 2.75) is 4.90 Å². The summed E-state index contributed by atoms with van der Waals surface area (Å²) in [6.07, 6.45) is 5.17. The Morgan fingerprint density at radius 2 is 1.82 bits per heavy atom. The van der Waals surface area contributed by atoms with Crippen molar-refractivity contribution in [3.63, 3.8) is 0 Å². The Morgan fingerprint density at radius 3 is 2.50 bits per heavy atom. The van der Waals surface area contributed by atoms with Crippen LogP contribution in [0.4, 0.5) is 0 Å². The fraction of sp³-hybridized carbons (Fsp3) is 0.120. The summed E-state index contributed by atoms with van der Waals surface area (Å²) in [7, 11) is 1.29. The van der Waals surface area contributed by atoms with Crippen LogP contribution in [0.25, 0.3) is 28.2 Å². The van der Waals surface area contributed by atoms with Gasteiger partial charge in [-0.1, -0.05) is 18.2 Å². The van der Waals surface area contributed by atoms with Crippen molar-refractivity contribution in [1.29, 1.82) is 0 Å². The Hall–Kier alpha value is -3.95. The van der Waals surface area contributed by atoms with Gasteiger partial charge < -0.3 is 14.4 Å². The Bertz CT molecular complexity index is 1600. The summed E-state index contributed by atoms with van der Waals surface area (Å²) in [6.45, 7) is 0. The lowest BCUT2D eigenvalue weighted by Gasteiger charge is -2.12. The molecule has 9 heteroatoms. The largest absolute Gasteiger partial charge is 0.507 e. The van der Waals surface area contributed by atoms with E-state index in [0.717, 1.165) is 16.5 Å². The number of aryl methyl sites for hydroxylation is 1. The second-order valence-corrected chi connectivity index (χ2v) is 10.3. The maximum absolute atomic E-state index is 12.9. The van der Waals surface area contributed by atoms with Gasteiger partial charge in [0.15, 0.2) is 5.76 Å². The molecule has 0 bridgehead atoms. The minimum atomic E-state index is -3.54. The fourth-order valence-electron chi connectivity index (χ4n) is 4.06. The van der Waals surface area contributed by atoms with E-state index in [1.807, 2.05) is 23.9 Å². The minimum absolute atomic E-state index is 0.103. The van der Waals surface area contributed by atoms with Crippen LogP contribution >= 0.6 is 0 Å². The molecule has 0 atom stereocenters. The number of benzene rings is 2. The van der Waals surface area contributed by atoms with Gasteiger partial charge in [-0.05, 0) is 47.5 Å². The van der Waals surface area contributed by atoms with E-state index in [9.17, 15) is 18.3 Å². The molecule has 1 aliphatic heterocycles. The molecule has 0 amide bonds. The zero-order valence-electron chi connectivity index (χ0n) is 18.7. The van der Waals surface area contributed by atoms with E-state index in [1.54, 1.807) is 48.7 Å². The second-order valence-electron chi connectivity index (χ2n) is 8.15. The number of Topliss-reactive ketones (excluding diaryl/α,β-unsaturated/α-hetero) is 1. The minimum Gasteiger partial charge on any atom is -0.507 e. The van der Waals surface area contributed by atoms with Crippen LogP contribution in [0.1, 0.15) is 15.9 Å². The molecule has 0 saturated carbocycles. The first-order valence-electron chi connectivity index (χ1n) is 10.4. The van der Waals surface area contributed by atoms with Crippen LogP contribution in [0.3, 0.4) is 0 Å². The number of ether oxygens (including phenoxy) is 1. The first-order valence-corrected chi connectivity index (χ1v) is 11.9. The van der Waals surface area contributed by atoms with E-state index in [2.05, 4.69) is 4.98 Å². The number of rotatable bonds is 4. The number of fused-ring (bicyclic) bond motifs is 2. The van der Waals surface area contributed by atoms with Crippen LogP contribution in [-0.2, 0) is 17.1 Å². The third-order valence-corrected chi connectivity index (χ3v) is 7.62. The maximum atomic E-state index is 12.9. The van der Waals surface area contributed by atoms with Crippen molar-refractivity contribution < 1.29 is 23.1 Å². The van der Waals surface area contributed by atoms with Crippen molar-refractivity contribution in [2.24, 2.45) is 7.05 Å². The Kier molecular flexibility index (Phi) is 5.03. The lowest BCUT2D eigenvalue weighted by molar-refractivity contribution is 0.101. The van der Waals surface area contributed by atoms with Crippen molar-refractivity contribution in [3.8, 4) is 22.6 Å². The van der Waals surface area contributed by atoms with Crippen LogP contribution in [0, 0.1) is 0 Å². The topological polar surface area (TPSA) is 102 Å². The normalized spacial score (nSPS) is 14.7. The predicted molar refractivity (Wildman–Crippen MR) is 128 cm³/mol. The van der Waals surface area contributed by atoms with Gasteiger partial charge in [0, 0.05) is 44.5 Å². The fourth-order valence-corrected chi connectivity index (χ4v) is 4.96. The molecule has 0 saturated heterocycles. The number of phenols is 1. The molecule has 8 nitrogen and oxygen atoms in total. The van der Waals surface area contributed by atoms with Crippen molar-refractivity contribution in [2.75, 3.05) is 14.1 Å². The van der Waals surface area contributed by atoms with E-state index < -0.39 is 15.8 Å². The quantitative estimate of drug-likeness (QED) is 0.451. The van der Waals surface area contributed by atoms with Gasteiger partial charge in [0.05, 0.1) is 4.90 Å². The highest BCUT2D eigenvalue weighted by Crippen LogP contribution is 2.39. The van der Waals surface area contributed by atoms with E-state index in [1.165, 1.54) is 24.5 Å². The number of hydrogen-bond acceptors (Lipinski definition) is 6. The van der Waals surface area contributed by atoms with Crippen molar-refractivity contribution in [3.05, 3.63) is 77.8 Å². The second kappa shape index (κ2) is 7.82. The zero-order valence-corrected chi connectivity index (χ0v) is 19.5. The van der Waals surface area contributed by atoms with Crippen LogP contribution in [-0.4, -0.2) is 47.3 Å². The highest BCUT2D eigenvalue weighted by molar-refractivity contribution is 7.89. The first kappa shape index (κ1) is 21.9. The average Bonchev–Trinajstić information content (AvgIpc) is 3.31. The monoisotopic (exact) mass is 475 g/mol. The van der Waals surface area contributed by atoms with Gasteiger partial charge in [-0.25, -0.2) is 17.7 Å². The Labute approximate surface area is 196 Å². The van der Waals surface area contributed by atoms with Crippen LogP contribution in [0.5, 0.6) is 11.5 Å². The molecule has 0 radical (unpaired) electrons. The Balaban J connectivity index is 1.63. The number of aromatic hydroxyl groups is 1. The number of sulfonamides is 1. The SMILES string of the molecule is CN(C)S(=O)(=O)c1ccc(-c2ccnc3c2c(C=C2Oc4cccc(O)c4C2=O)cn3C)cc1. The molecule has 172 valence electrons. The predicted octanol–water partition coefficient (Wildman–Crippen LogP) is 3.81. The molecule has 2 aromatic carbocycles. The Morgan fingerprint density at radius 1 is 1.09 bits per heavy atom. The molecule has 0 aliphatic carbocycles. The molecular formula is C25H21N3O5S. The molecule has 34 heavy (non-hydrogen) atoms. The number of ketones is 1. The van der Waals surface area contributed by atoms with Crippen molar-refractivity contribution in [1.82, 2.24) is 13.9 Å². The van der Waals surface area contributed by atoms with Crippen molar-refractivity contribution >= 4 is 32.9 Å². The number of carbonyl (C=O) groups excluding carboxylic acids is 1. The highest BCUT2D eigenvalue weighted by atomic mass is 32.2. The standard InChI is InChI=1S/C25H21N3O5S/c1-27(2)34(31,32)17-9-7-15(8-10-17)18-11-12-26-25-22(18)16(14-28(25)3)13-21-24(30)23-19(29)5-4-6-20(23)33-21/h4-14,29H,1-3H3. The third-order valence-electron chi connectivity index (χ3n) is 5.79. The van der Waals surface area contributed by atoms with Crippen LogP contribution < -0.4 is 4.74 Å². The van der Waals surface area contributed by atoms with Gasteiger partial charge in [0.1, 0.15) is 22.7 Å². The number of hydrogen-bond donors (Lipinski definition) is 1. The molecular weight excluding hydrogens is 454 g/mol. The number of aromatic nitrogens is 2. The lowest BCUT2D eigenvalue weighted by atomic mass is 10.0. The summed E-state index contributed by atoms with van der Waals surface area (Å²) >= 11 is 0. The molecule has 0 fully saturated rings. The number of pyridine rings is 1. The van der Waals surface area contributed by atoms with Gasteiger partial charge in [0.25, 0.3) is 0 Å². The summed E-state index contributed by atoms with van der Waals surface area (Å²) < 4.78 is 33.6. The number of phenolic OH excluding ortho intramolecular Hbond substituents is 1. The lowest BCUT2D eigenvalue weighted by Crippen LogP contribution is -2.22. The molecule has 3 heterocycles. The molecule has 1 aliphatic rings. The van der Waals surface area contributed by atoms with Crippen LogP contribution in [0.2, 0.25) is 0 Å². The maximum Gasteiger partial charge on any atom is 0.242 e. The summed E-state index contributed by atoms with van der Waals surface area (Å²) in [5.74, 6) is -0.105. The summed E-state index contributed by atoms with van der Waals surface area (Å²) in [5, 5.41) is 10.9. The van der Waals surface area contributed by atoms with E-state index in [4.69, 9.17) is 4.74 Å². The van der Waals surface area contributed by atoms with Gasteiger partial charge in [-0.2, -0.15) is 0 Å². The third kappa shape index (κ3) is 3.37. The van der Waals surface area contributed by atoms with E-state index >= 15 is 0 Å². The molecule has 5 rings (SSSR count). The number of carbonyl (C=O) groups is 1. The van der Waals surface area contributed by atoms with Gasteiger partial charge in [-0.3, -0.25) is 4.79 Å². The highest BCUT2D eigenvalue weighted by Gasteiger charge is 2.30. The molecule has 2 aromatic heterocycles.